The average molecular weight is 464 g/mol. The first-order valence-corrected chi connectivity index (χ1v) is 13.3. The minimum absolute atomic E-state index is 0.0991. The summed E-state index contributed by atoms with van der Waals surface area (Å²) in [4.78, 5) is 38.7. The molecule has 2 aliphatic heterocycles. The van der Waals surface area contributed by atoms with Gasteiger partial charge in [-0.25, -0.2) is 9.80 Å². The number of carbonyl (C=O) groups excluding carboxylic acids is 3. The normalized spacial score (nSPS) is 23.3. The number of aryl methyl sites for hydroxylation is 1. The maximum absolute atomic E-state index is 14.0. The number of hydrogen-bond donors (Lipinski definition) is 0. The first-order chi connectivity index (χ1) is 15.4. The Labute approximate surface area is 189 Å². The summed E-state index contributed by atoms with van der Waals surface area (Å²) < 4.78 is 24.6. The van der Waals surface area contributed by atoms with Gasteiger partial charge in [0, 0.05) is 19.1 Å². The number of methoxy groups -OCH3 is 1. The van der Waals surface area contributed by atoms with E-state index in [1.807, 2.05) is 18.2 Å². The smallest absolute Gasteiger partial charge is 0.330 e. The Balaban J connectivity index is 1.77. The number of ether oxygens (including phenoxy) is 1. The summed E-state index contributed by atoms with van der Waals surface area (Å²) in [5.41, 5.74) is 0.276. The van der Waals surface area contributed by atoms with E-state index in [1.54, 1.807) is 6.92 Å². The second kappa shape index (κ2) is 11.1. The zero-order chi connectivity index (χ0) is 23.1. The fraction of sp³-hybridized carbons (Fsp3) is 0.609. The van der Waals surface area contributed by atoms with Gasteiger partial charge in [-0.15, -0.1) is 0 Å². The van der Waals surface area contributed by atoms with Gasteiger partial charge in [0.15, 0.2) is 6.04 Å². The van der Waals surface area contributed by atoms with Crippen LogP contribution in [0.4, 0.5) is 0 Å². The Hall–Kier alpha value is -2.18. The Kier molecular flexibility index (Phi) is 8.49. The van der Waals surface area contributed by atoms with E-state index in [4.69, 9.17) is 9.26 Å². The van der Waals surface area contributed by atoms with E-state index >= 15 is 0 Å². The largest absolute Gasteiger partial charge is 0.467 e. The average Bonchev–Trinajstić information content (AvgIpc) is 2.94. The standard InChI is InChI=1S/C23H33N2O6P/c1-3-31-32(29,17-8-7-12-18-10-5-4-6-11-18)20-14-15-21(26)24-16-9-13-19(23(28)30-2)25(24)22(20)27/h4-6,10-11,19-20H,3,7-9,12-17H2,1-2H3/t19-,20-,32?/m0/s1. The molecule has 0 aromatic heterocycles. The monoisotopic (exact) mass is 464 g/mol. The summed E-state index contributed by atoms with van der Waals surface area (Å²) in [6, 6.07) is 9.19. The van der Waals surface area contributed by atoms with Crippen molar-refractivity contribution < 1.29 is 28.2 Å². The number of carbonyl (C=O) groups is 3. The molecular formula is C23H33N2O6P. The maximum atomic E-state index is 14.0. The van der Waals surface area contributed by atoms with Gasteiger partial charge in [-0.05, 0) is 51.0 Å². The third-order valence-corrected chi connectivity index (χ3v) is 9.22. The van der Waals surface area contributed by atoms with E-state index < -0.39 is 30.9 Å². The van der Waals surface area contributed by atoms with E-state index in [0.717, 1.165) is 12.8 Å². The third kappa shape index (κ3) is 5.41. The molecule has 0 N–H and O–H groups in total. The van der Waals surface area contributed by atoms with Crippen molar-refractivity contribution in [2.24, 2.45) is 0 Å². The van der Waals surface area contributed by atoms with Gasteiger partial charge in [0.05, 0.1) is 13.7 Å². The molecule has 1 unspecified atom stereocenters. The summed E-state index contributed by atoms with van der Waals surface area (Å²) in [6.45, 7) is 2.34. The molecule has 1 aromatic rings. The molecule has 0 bridgehead atoms. The minimum Gasteiger partial charge on any atom is -0.467 e. The van der Waals surface area contributed by atoms with Gasteiger partial charge in [0.25, 0.3) is 5.91 Å². The zero-order valence-corrected chi connectivity index (χ0v) is 19.8. The van der Waals surface area contributed by atoms with Crippen molar-refractivity contribution in [3.63, 3.8) is 0 Å². The summed E-state index contributed by atoms with van der Waals surface area (Å²) in [6.07, 6.45) is 3.86. The van der Waals surface area contributed by atoms with Crippen LogP contribution < -0.4 is 0 Å². The summed E-state index contributed by atoms with van der Waals surface area (Å²) in [5.74, 6) is -1.27. The van der Waals surface area contributed by atoms with Gasteiger partial charge in [0.1, 0.15) is 5.66 Å². The molecule has 0 spiro atoms. The molecule has 2 aliphatic rings. The van der Waals surface area contributed by atoms with E-state index in [9.17, 15) is 18.9 Å². The predicted molar refractivity (Wildman–Crippen MR) is 120 cm³/mol. The number of unbranched alkanes of at least 4 members (excludes halogenated alkanes) is 1. The Bertz CT molecular complexity index is 861. The van der Waals surface area contributed by atoms with Crippen LogP contribution in [0.25, 0.3) is 0 Å². The van der Waals surface area contributed by atoms with Gasteiger partial charge in [-0.1, -0.05) is 30.3 Å². The SMILES string of the molecule is CCOP(=O)(CCCCc1ccccc1)[C@H]1CCC(=O)N2CCC[C@@H](C(=O)OC)N2C1=O. The molecule has 0 saturated carbocycles. The van der Waals surface area contributed by atoms with Crippen molar-refractivity contribution in [1.82, 2.24) is 10.0 Å². The molecule has 2 fully saturated rings. The molecule has 0 radical (unpaired) electrons. The lowest BCUT2D eigenvalue weighted by Gasteiger charge is -2.42. The van der Waals surface area contributed by atoms with Crippen LogP contribution in [0.1, 0.15) is 51.0 Å². The van der Waals surface area contributed by atoms with Crippen LogP contribution in [0.5, 0.6) is 0 Å². The Morgan fingerprint density at radius 1 is 1.16 bits per heavy atom. The van der Waals surface area contributed by atoms with E-state index in [0.29, 0.717) is 25.8 Å². The predicted octanol–water partition coefficient (Wildman–Crippen LogP) is 3.39. The number of rotatable bonds is 9. The quantitative estimate of drug-likeness (QED) is 0.316. The molecule has 2 amide bonds. The van der Waals surface area contributed by atoms with Crippen molar-refractivity contribution in [1.29, 1.82) is 0 Å². The second-order valence-corrected chi connectivity index (χ2v) is 11.0. The summed E-state index contributed by atoms with van der Waals surface area (Å²) in [5, 5.41) is 2.56. The molecule has 8 nitrogen and oxygen atoms in total. The number of fused-ring (bicyclic) bond motifs is 1. The zero-order valence-electron chi connectivity index (χ0n) is 18.9. The highest BCUT2D eigenvalue weighted by Crippen LogP contribution is 2.55. The van der Waals surface area contributed by atoms with Crippen molar-refractivity contribution in [3.8, 4) is 0 Å². The van der Waals surface area contributed by atoms with Crippen molar-refractivity contribution in [2.75, 3.05) is 26.4 Å². The molecule has 9 heteroatoms. The second-order valence-electron chi connectivity index (χ2n) is 8.25. The van der Waals surface area contributed by atoms with Gasteiger partial charge in [-0.2, -0.15) is 0 Å². The maximum Gasteiger partial charge on any atom is 0.330 e. The molecule has 32 heavy (non-hydrogen) atoms. The van der Waals surface area contributed by atoms with E-state index in [-0.39, 0.29) is 31.5 Å². The first-order valence-electron chi connectivity index (χ1n) is 11.4. The molecule has 176 valence electrons. The fourth-order valence-corrected chi connectivity index (χ4v) is 7.27. The molecule has 0 aliphatic carbocycles. The topological polar surface area (TPSA) is 93.2 Å². The van der Waals surface area contributed by atoms with Crippen LogP contribution in [-0.4, -0.2) is 65.9 Å². The number of esters is 1. The molecule has 3 rings (SSSR count). The van der Waals surface area contributed by atoms with E-state index in [1.165, 1.54) is 22.7 Å². The molecule has 2 saturated heterocycles. The van der Waals surface area contributed by atoms with Gasteiger partial charge >= 0.3 is 5.97 Å². The van der Waals surface area contributed by atoms with E-state index in [2.05, 4.69) is 12.1 Å². The molecule has 1 aromatic carbocycles. The van der Waals surface area contributed by atoms with Crippen LogP contribution >= 0.6 is 7.37 Å². The Morgan fingerprint density at radius 2 is 1.91 bits per heavy atom. The lowest BCUT2D eigenvalue weighted by atomic mass is 10.1. The molecular weight excluding hydrogens is 431 g/mol. The van der Waals surface area contributed by atoms with Gasteiger partial charge in [-0.3, -0.25) is 19.2 Å². The summed E-state index contributed by atoms with van der Waals surface area (Å²) in [7, 11) is -2.11. The number of hydrogen-bond acceptors (Lipinski definition) is 6. The lowest BCUT2D eigenvalue weighted by Crippen LogP contribution is -2.60. The number of nitrogens with zero attached hydrogens (tertiary/aromatic N) is 2. The van der Waals surface area contributed by atoms with Crippen LogP contribution in [0.2, 0.25) is 0 Å². The van der Waals surface area contributed by atoms with Crippen LogP contribution in [0, 0.1) is 0 Å². The van der Waals surface area contributed by atoms with Crippen LogP contribution in [0.15, 0.2) is 30.3 Å². The molecule has 3 atom stereocenters. The van der Waals surface area contributed by atoms with Crippen molar-refractivity contribution in [2.45, 2.75) is 63.6 Å². The van der Waals surface area contributed by atoms with Crippen molar-refractivity contribution >= 4 is 25.2 Å². The van der Waals surface area contributed by atoms with Crippen LogP contribution in [0.3, 0.4) is 0 Å². The lowest BCUT2D eigenvalue weighted by molar-refractivity contribution is -0.181. The first kappa shape index (κ1) is 24.5. The third-order valence-electron chi connectivity index (χ3n) is 6.16. The number of benzene rings is 1. The number of hydrazine groups is 1. The highest BCUT2D eigenvalue weighted by molar-refractivity contribution is 7.60. The van der Waals surface area contributed by atoms with Gasteiger partial charge < -0.3 is 9.26 Å². The van der Waals surface area contributed by atoms with Crippen LogP contribution in [-0.2, 0) is 34.6 Å². The molecule has 2 heterocycles. The van der Waals surface area contributed by atoms with Crippen molar-refractivity contribution in [3.05, 3.63) is 35.9 Å². The number of amides is 2. The highest BCUT2D eigenvalue weighted by Gasteiger charge is 2.50. The summed E-state index contributed by atoms with van der Waals surface area (Å²) >= 11 is 0. The minimum atomic E-state index is -3.38. The highest BCUT2D eigenvalue weighted by atomic mass is 31.2. The van der Waals surface area contributed by atoms with Gasteiger partial charge in [0.2, 0.25) is 13.3 Å². The fourth-order valence-electron chi connectivity index (χ4n) is 4.57. The Morgan fingerprint density at radius 3 is 2.59 bits per heavy atom.